The van der Waals surface area contributed by atoms with Crippen molar-refractivity contribution in [3.8, 4) is 0 Å². The Morgan fingerprint density at radius 3 is 2.60 bits per heavy atom. The molecule has 0 aromatic carbocycles. The van der Waals surface area contributed by atoms with Crippen molar-refractivity contribution in [3.63, 3.8) is 0 Å². The van der Waals surface area contributed by atoms with E-state index in [4.69, 9.17) is 15.4 Å². The summed E-state index contributed by atoms with van der Waals surface area (Å²) in [5, 5.41) is 6.32. The molecular weight excluding hydrogens is 306 g/mol. The molecule has 0 fully saturated rings. The Morgan fingerprint density at radius 1 is 1.45 bits per heavy atom. The van der Waals surface area contributed by atoms with Crippen LogP contribution < -0.4 is 0 Å². The lowest BCUT2D eigenvalue weighted by molar-refractivity contribution is 0.0701. The molecule has 0 unspecified atom stereocenters. The predicted molar refractivity (Wildman–Crippen MR) is 74.5 cm³/mol. The monoisotopic (exact) mass is 323 g/mol. The van der Waals surface area contributed by atoms with Gasteiger partial charge in [-0.1, -0.05) is 6.92 Å². The normalized spacial score (nSPS) is 11.6. The van der Waals surface area contributed by atoms with Gasteiger partial charge in [0, 0.05) is 30.9 Å². The largest absolute Gasteiger partial charge is 0.380 e. The van der Waals surface area contributed by atoms with E-state index in [0.717, 1.165) is 0 Å². The molecule has 1 amide bonds. The first-order chi connectivity index (χ1) is 9.32. The molecule has 9 heteroatoms. The van der Waals surface area contributed by atoms with E-state index in [1.165, 1.54) is 4.90 Å². The van der Waals surface area contributed by atoms with Crippen LogP contribution in [0.2, 0.25) is 0 Å². The standard InChI is InChI=1S/C11H18ClN3O4S/c1-4-8-10(20(12,17)18)9(14-13-8)11(16)15(3)6-7-19-5-2/h4-7H2,1-3H3,(H,13,14). The minimum absolute atomic E-state index is 0.184. The van der Waals surface area contributed by atoms with E-state index in [0.29, 0.717) is 31.9 Å². The zero-order valence-electron chi connectivity index (χ0n) is 11.6. The number of hydrogen-bond acceptors (Lipinski definition) is 5. The summed E-state index contributed by atoms with van der Waals surface area (Å²) >= 11 is 0. The molecule has 1 rings (SSSR count). The quantitative estimate of drug-likeness (QED) is 0.597. The summed E-state index contributed by atoms with van der Waals surface area (Å²) in [6.07, 6.45) is 0.379. The van der Waals surface area contributed by atoms with Gasteiger partial charge in [0.25, 0.3) is 15.0 Å². The van der Waals surface area contributed by atoms with Crippen LogP contribution >= 0.6 is 10.7 Å². The maximum Gasteiger partial charge on any atom is 0.275 e. The van der Waals surface area contributed by atoms with Gasteiger partial charge in [-0.05, 0) is 13.3 Å². The number of hydrogen-bond donors (Lipinski definition) is 1. The lowest BCUT2D eigenvalue weighted by atomic mass is 10.3. The Hall–Kier alpha value is -1.12. The van der Waals surface area contributed by atoms with Crippen molar-refractivity contribution >= 4 is 25.6 Å². The van der Waals surface area contributed by atoms with Crippen molar-refractivity contribution in [1.82, 2.24) is 15.1 Å². The first-order valence-corrected chi connectivity index (χ1v) is 8.48. The molecule has 0 radical (unpaired) electrons. The fourth-order valence-electron chi connectivity index (χ4n) is 1.64. The van der Waals surface area contributed by atoms with E-state index < -0.39 is 15.0 Å². The number of aromatic nitrogens is 2. The highest BCUT2D eigenvalue weighted by Gasteiger charge is 2.29. The van der Waals surface area contributed by atoms with Gasteiger partial charge in [0.15, 0.2) is 5.69 Å². The Balaban J connectivity index is 3.02. The topological polar surface area (TPSA) is 92.4 Å². The van der Waals surface area contributed by atoms with Gasteiger partial charge in [0.2, 0.25) is 0 Å². The maximum atomic E-state index is 12.2. The number of halogens is 1. The number of aromatic amines is 1. The highest BCUT2D eigenvalue weighted by Crippen LogP contribution is 2.23. The zero-order valence-corrected chi connectivity index (χ0v) is 13.2. The fraction of sp³-hybridized carbons (Fsp3) is 0.636. The van der Waals surface area contributed by atoms with E-state index in [2.05, 4.69) is 10.2 Å². The summed E-state index contributed by atoms with van der Waals surface area (Å²) in [6, 6.07) is 0. The summed E-state index contributed by atoms with van der Waals surface area (Å²) in [5.41, 5.74) is 0.136. The van der Waals surface area contributed by atoms with Crippen LogP contribution in [-0.2, 0) is 20.2 Å². The molecule has 0 aliphatic rings. The van der Waals surface area contributed by atoms with Gasteiger partial charge in [0.05, 0.1) is 12.3 Å². The molecule has 114 valence electrons. The Morgan fingerprint density at radius 2 is 2.10 bits per heavy atom. The van der Waals surface area contributed by atoms with Crippen LogP contribution in [0.25, 0.3) is 0 Å². The van der Waals surface area contributed by atoms with Crippen molar-refractivity contribution < 1.29 is 17.9 Å². The van der Waals surface area contributed by atoms with E-state index in [-0.39, 0.29) is 10.6 Å². The minimum atomic E-state index is -4.04. The van der Waals surface area contributed by atoms with Gasteiger partial charge in [-0.2, -0.15) is 5.10 Å². The SMILES string of the molecule is CCOCCN(C)C(=O)c1n[nH]c(CC)c1S(=O)(=O)Cl. The number of nitrogens with zero attached hydrogens (tertiary/aromatic N) is 2. The zero-order chi connectivity index (χ0) is 15.3. The molecule has 1 N–H and O–H groups in total. The smallest absolute Gasteiger partial charge is 0.275 e. The number of rotatable bonds is 7. The van der Waals surface area contributed by atoms with Crippen LogP contribution in [0.5, 0.6) is 0 Å². The van der Waals surface area contributed by atoms with Crippen LogP contribution in [0.1, 0.15) is 30.0 Å². The second-order valence-electron chi connectivity index (χ2n) is 4.09. The number of nitrogens with one attached hydrogen (secondary N) is 1. The summed E-state index contributed by atoms with van der Waals surface area (Å²) < 4.78 is 28.3. The third-order valence-electron chi connectivity index (χ3n) is 2.71. The third-order valence-corrected chi connectivity index (χ3v) is 4.10. The molecule has 1 heterocycles. The Kier molecular flexibility index (Phi) is 5.97. The molecular formula is C11H18ClN3O4S. The molecule has 0 saturated carbocycles. The van der Waals surface area contributed by atoms with Gasteiger partial charge < -0.3 is 9.64 Å². The van der Waals surface area contributed by atoms with Crippen LogP contribution in [0.15, 0.2) is 4.90 Å². The van der Waals surface area contributed by atoms with Gasteiger partial charge in [-0.15, -0.1) is 0 Å². The molecule has 1 aromatic rings. The highest BCUT2D eigenvalue weighted by molar-refractivity contribution is 8.13. The number of aryl methyl sites for hydroxylation is 1. The third kappa shape index (κ3) is 3.94. The van der Waals surface area contributed by atoms with Gasteiger partial charge in [0.1, 0.15) is 4.90 Å². The van der Waals surface area contributed by atoms with Crippen LogP contribution in [-0.4, -0.2) is 56.2 Å². The van der Waals surface area contributed by atoms with Crippen molar-refractivity contribution in [2.75, 3.05) is 26.8 Å². The number of amides is 1. The molecule has 7 nitrogen and oxygen atoms in total. The summed E-state index contributed by atoms with van der Waals surface area (Å²) in [6.45, 7) is 4.84. The van der Waals surface area contributed by atoms with Crippen molar-refractivity contribution in [1.29, 1.82) is 0 Å². The number of H-pyrrole nitrogens is 1. The molecule has 20 heavy (non-hydrogen) atoms. The molecule has 1 aromatic heterocycles. The van der Waals surface area contributed by atoms with E-state index >= 15 is 0 Å². The Labute approximate surface area is 122 Å². The lowest BCUT2D eigenvalue weighted by Crippen LogP contribution is -2.31. The number of carbonyl (C=O) groups is 1. The van der Waals surface area contributed by atoms with Crippen molar-refractivity contribution in [2.24, 2.45) is 0 Å². The molecule has 0 spiro atoms. The highest BCUT2D eigenvalue weighted by atomic mass is 35.7. The van der Waals surface area contributed by atoms with Crippen molar-refractivity contribution in [2.45, 2.75) is 25.2 Å². The van der Waals surface area contributed by atoms with Gasteiger partial charge >= 0.3 is 0 Å². The van der Waals surface area contributed by atoms with Gasteiger partial charge in [-0.25, -0.2) is 8.42 Å². The predicted octanol–water partition coefficient (Wildman–Crippen LogP) is 1.01. The molecule has 0 saturated heterocycles. The molecule has 0 bridgehead atoms. The van der Waals surface area contributed by atoms with Crippen LogP contribution in [0.4, 0.5) is 0 Å². The lowest BCUT2D eigenvalue weighted by Gasteiger charge is -2.16. The first-order valence-electron chi connectivity index (χ1n) is 6.18. The van der Waals surface area contributed by atoms with E-state index in [1.807, 2.05) is 6.92 Å². The number of ether oxygens (including phenoxy) is 1. The van der Waals surface area contributed by atoms with E-state index in [1.54, 1.807) is 14.0 Å². The first kappa shape index (κ1) is 16.9. The van der Waals surface area contributed by atoms with Gasteiger partial charge in [-0.3, -0.25) is 9.89 Å². The van der Waals surface area contributed by atoms with Crippen molar-refractivity contribution in [3.05, 3.63) is 11.4 Å². The van der Waals surface area contributed by atoms with Crippen LogP contribution in [0, 0.1) is 0 Å². The fourth-order valence-corrected chi connectivity index (χ4v) is 2.99. The average Bonchev–Trinajstić information content (AvgIpc) is 2.81. The maximum absolute atomic E-state index is 12.2. The summed E-state index contributed by atoms with van der Waals surface area (Å²) in [5.74, 6) is -0.514. The summed E-state index contributed by atoms with van der Waals surface area (Å²) in [4.78, 5) is 13.3. The second kappa shape index (κ2) is 7.05. The molecule has 0 atom stereocenters. The second-order valence-corrected chi connectivity index (χ2v) is 6.60. The molecule has 0 aliphatic carbocycles. The Bertz CT molecular complexity index is 570. The molecule has 0 aliphatic heterocycles. The summed E-state index contributed by atoms with van der Waals surface area (Å²) in [7, 11) is 2.89. The average molecular weight is 324 g/mol. The van der Waals surface area contributed by atoms with Crippen LogP contribution in [0.3, 0.4) is 0 Å². The number of likely N-dealkylation sites (N-methyl/N-ethyl adjacent to an activating group) is 1. The number of carbonyl (C=O) groups excluding carboxylic acids is 1. The van der Waals surface area contributed by atoms with E-state index in [9.17, 15) is 13.2 Å². The minimum Gasteiger partial charge on any atom is -0.380 e.